The van der Waals surface area contributed by atoms with Gasteiger partial charge in [-0.15, -0.1) is 0 Å². The number of nitrogens with one attached hydrogen (secondary N) is 1. The average Bonchev–Trinajstić information content (AvgIpc) is 2.48. The lowest BCUT2D eigenvalue weighted by Gasteiger charge is -2.08. The molecule has 0 saturated carbocycles. The van der Waals surface area contributed by atoms with Crippen LogP contribution in [0.3, 0.4) is 0 Å². The molecule has 0 aliphatic rings. The first-order valence-corrected chi connectivity index (χ1v) is 7.54. The van der Waals surface area contributed by atoms with Gasteiger partial charge in [-0.25, -0.2) is 21.9 Å². The fraction of sp³-hybridized carbons (Fsp3) is 0.143. The Morgan fingerprint density at radius 3 is 2.33 bits per heavy atom. The van der Waals surface area contributed by atoms with Crippen LogP contribution >= 0.6 is 0 Å². The van der Waals surface area contributed by atoms with Crippen molar-refractivity contribution in [3.63, 3.8) is 0 Å². The summed E-state index contributed by atoms with van der Waals surface area (Å²) in [5, 5.41) is 8.90. The summed E-state index contributed by atoms with van der Waals surface area (Å²) >= 11 is 0. The summed E-state index contributed by atoms with van der Waals surface area (Å²) in [6, 6.07) is 8.43. The summed E-state index contributed by atoms with van der Waals surface area (Å²) in [6.07, 6.45) is 0. The van der Waals surface area contributed by atoms with Gasteiger partial charge in [0.1, 0.15) is 11.6 Å². The highest BCUT2D eigenvalue weighted by Crippen LogP contribution is 2.13. The second-order valence-corrected chi connectivity index (χ2v) is 6.13. The molecule has 0 fully saturated rings. The maximum Gasteiger partial charge on any atom is 0.240 e. The Hall–Kier alpha value is -1.83. The van der Waals surface area contributed by atoms with Crippen molar-refractivity contribution in [3.8, 4) is 0 Å². The summed E-state index contributed by atoms with van der Waals surface area (Å²) in [5.74, 6) is -1.33. The summed E-state index contributed by atoms with van der Waals surface area (Å²) in [7, 11) is -3.83. The van der Waals surface area contributed by atoms with E-state index in [2.05, 4.69) is 4.72 Å². The van der Waals surface area contributed by atoms with Crippen molar-refractivity contribution in [2.24, 2.45) is 0 Å². The molecule has 7 heteroatoms. The Morgan fingerprint density at radius 2 is 1.71 bits per heavy atom. The number of hydrogen-bond donors (Lipinski definition) is 2. The predicted octanol–water partition coefficient (Wildman–Crippen LogP) is 1.94. The van der Waals surface area contributed by atoms with Crippen molar-refractivity contribution < 1.29 is 22.3 Å². The van der Waals surface area contributed by atoms with Crippen LogP contribution in [0.15, 0.2) is 47.4 Å². The minimum atomic E-state index is -3.83. The largest absolute Gasteiger partial charge is 0.392 e. The molecule has 2 aromatic rings. The molecule has 0 bridgehead atoms. The second-order valence-electron chi connectivity index (χ2n) is 4.36. The molecular formula is C14H13F2NO3S. The van der Waals surface area contributed by atoms with E-state index in [1.54, 1.807) is 0 Å². The second kappa shape index (κ2) is 6.30. The molecule has 0 unspecified atom stereocenters. The number of benzene rings is 2. The molecule has 0 radical (unpaired) electrons. The first-order valence-electron chi connectivity index (χ1n) is 6.06. The molecule has 2 N–H and O–H groups in total. The van der Waals surface area contributed by atoms with Gasteiger partial charge in [0.25, 0.3) is 0 Å². The smallest absolute Gasteiger partial charge is 0.240 e. The van der Waals surface area contributed by atoms with E-state index in [1.807, 2.05) is 0 Å². The van der Waals surface area contributed by atoms with Gasteiger partial charge >= 0.3 is 0 Å². The Balaban J connectivity index is 2.15. The van der Waals surface area contributed by atoms with Crippen molar-refractivity contribution in [1.82, 2.24) is 4.72 Å². The highest BCUT2D eigenvalue weighted by atomic mass is 32.2. The number of aliphatic hydroxyl groups excluding tert-OH is 1. The van der Waals surface area contributed by atoms with Gasteiger partial charge in [-0.2, -0.15) is 0 Å². The molecule has 2 rings (SSSR count). The number of hydrogen-bond acceptors (Lipinski definition) is 3. The minimum Gasteiger partial charge on any atom is -0.392 e. The molecule has 0 spiro atoms. The first kappa shape index (κ1) is 15.6. The van der Waals surface area contributed by atoms with E-state index in [4.69, 9.17) is 5.11 Å². The van der Waals surface area contributed by atoms with Crippen molar-refractivity contribution in [3.05, 3.63) is 65.2 Å². The third-order valence-electron chi connectivity index (χ3n) is 2.88. The third-order valence-corrected chi connectivity index (χ3v) is 4.29. The van der Waals surface area contributed by atoms with E-state index in [0.717, 1.165) is 18.2 Å². The summed E-state index contributed by atoms with van der Waals surface area (Å²) < 4.78 is 52.6. The molecule has 0 amide bonds. The molecule has 0 atom stereocenters. The van der Waals surface area contributed by atoms with Crippen LogP contribution in [0.5, 0.6) is 0 Å². The minimum absolute atomic E-state index is 0.0171. The molecule has 0 heterocycles. The molecule has 21 heavy (non-hydrogen) atoms. The van der Waals surface area contributed by atoms with Crippen LogP contribution in [0.25, 0.3) is 0 Å². The van der Waals surface area contributed by atoms with Crippen molar-refractivity contribution in [2.45, 2.75) is 18.0 Å². The zero-order valence-electron chi connectivity index (χ0n) is 10.9. The molecule has 2 aromatic carbocycles. The highest BCUT2D eigenvalue weighted by molar-refractivity contribution is 7.89. The maximum absolute atomic E-state index is 13.4. The Bertz CT molecular complexity index is 730. The predicted molar refractivity (Wildman–Crippen MR) is 72.7 cm³/mol. The van der Waals surface area contributed by atoms with E-state index in [-0.39, 0.29) is 23.6 Å². The van der Waals surface area contributed by atoms with Crippen LogP contribution in [0.2, 0.25) is 0 Å². The third kappa shape index (κ3) is 3.84. The lowest BCUT2D eigenvalue weighted by Crippen LogP contribution is -2.23. The van der Waals surface area contributed by atoms with Gasteiger partial charge < -0.3 is 5.11 Å². The number of halogens is 2. The van der Waals surface area contributed by atoms with E-state index in [1.165, 1.54) is 24.3 Å². The van der Waals surface area contributed by atoms with E-state index >= 15 is 0 Å². The van der Waals surface area contributed by atoms with Crippen LogP contribution in [0.4, 0.5) is 8.78 Å². The SMILES string of the molecule is O=S(=O)(NCc1cc(F)ccc1F)c1ccc(CO)cc1. The lowest BCUT2D eigenvalue weighted by atomic mass is 10.2. The van der Waals surface area contributed by atoms with E-state index < -0.39 is 21.7 Å². The van der Waals surface area contributed by atoms with Gasteiger partial charge in [0.15, 0.2) is 0 Å². The van der Waals surface area contributed by atoms with Gasteiger partial charge in [-0.1, -0.05) is 12.1 Å². The zero-order chi connectivity index (χ0) is 15.5. The zero-order valence-corrected chi connectivity index (χ0v) is 11.7. The van der Waals surface area contributed by atoms with Crippen LogP contribution in [-0.4, -0.2) is 13.5 Å². The summed E-state index contributed by atoms with van der Waals surface area (Å²) in [5.41, 5.74) is 0.496. The number of rotatable bonds is 5. The van der Waals surface area contributed by atoms with Gasteiger partial charge in [0.2, 0.25) is 10.0 Å². The molecule has 0 saturated heterocycles. The maximum atomic E-state index is 13.4. The number of sulfonamides is 1. The summed E-state index contributed by atoms with van der Waals surface area (Å²) in [4.78, 5) is -0.0171. The van der Waals surface area contributed by atoms with Crippen LogP contribution in [0.1, 0.15) is 11.1 Å². The Kier molecular flexibility index (Phi) is 4.66. The normalized spacial score (nSPS) is 11.6. The first-order chi connectivity index (χ1) is 9.92. The fourth-order valence-corrected chi connectivity index (χ4v) is 2.72. The van der Waals surface area contributed by atoms with E-state index in [0.29, 0.717) is 5.56 Å². The Labute approximate surface area is 121 Å². The lowest BCUT2D eigenvalue weighted by molar-refractivity contribution is 0.282. The molecule has 112 valence electrons. The van der Waals surface area contributed by atoms with Gasteiger partial charge in [0, 0.05) is 12.1 Å². The van der Waals surface area contributed by atoms with Crippen LogP contribution in [0, 0.1) is 11.6 Å². The van der Waals surface area contributed by atoms with Crippen LogP contribution < -0.4 is 4.72 Å². The topological polar surface area (TPSA) is 66.4 Å². The van der Waals surface area contributed by atoms with Gasteiger partial charge in [0.05, 0.1) is 11.5 Å². The Morgan fingerprint density at radius 1 is 1.05 bits per heavy atom. The molecule has 4 nitrogen and oxygen atoms in total. The van der Waals surface area contributed by atoms with Crippen molar-refractivity contribution in [2.75, 3.05) is 0 Å². The van der Waals surface area contributed by atoms with Crippen LogP contribution in [-0.2, 0) is 23.2 Å². The fourth-order valence-electron chi connectivity index (χ4n) is 1.71. The standard InChI is InChI=1S/C14H13F2NO3S/c15-12-3-6-14(16)11(7-12)8-17-21(19,20)13-4-1-10(9-18)2-5-13/h1-7,17-18H,8-9H2. The number of aliphatic hydroxyl groups is 1. The monoisotopic (exact) mass is 313 g/mol. The van der Waals surface area contributed by atoms with Gasteiger partial charge in [-0.3, -0.25) is 0 Å². The summed E-state index contributed by atoms with van der Waals surface area (Å²) in [6.45, 7) is -0.546. The van der Waals surface area contributed by atoms with E-state index in [9.17, 15) is 17.2 Å². The molecular weight excluding hydrogens is 300 g/mol. The van der Waals surface area contributed by atoms with Crippen molar-refractivity contribution >= 4 is 10.0 Å². The molecule has 0 aliphatic carbocycles. The molecule has 0 aliphatic heterocycles. The highest BCUT2D eigenvalue weighted by Gasteiger charge is 2.15. The van der Waals surface area contributed by atoms with Gasteiger partial charge in [-0.05, 0) is 35.9 Å². The van der Waals surface area contributed by atoms with Crippen molar-refractivity contribution in [1.29, 1.82) is 0 Å². The average molecular weight is 313 g/mol. The quantitative estimate of drug-likeness (QED) is 0.886. The molecule has 0 aromatic heterocycles.